The zero-order chi connectivity index (χ0) is 10.3. The molecule has 2 heterocycles. The van der Waals surface area contributed by atoms with Crippen LogP contribution in [0.2, 0.25) is 0 Å². The monoisotopic (exact) mass is 205 g/mol. The predicted octanol–water partition coefficient (Wildman–Crippen LogP) is 1.39. The molecule has 0 bridgehead atoms. The first-order chi connectivity index (χ1) is 7.38. The second-order valence-corrected chi connectivity index (χ2v) is 4.24. The molecule has 1 N–H and O–H groups in total. The van der Waals surface area contributed by atoms with Crippen LogP contribution < -0.4 is 14.8 Å². The van der Waals surface area contributed by atoms with Crippen molar-refractivity contribution in [3.63, 3.8) is 0 Å². The number of fused-ring (bicyclic) bond motifs is 3. The largest absolute Gasteiger partial charge is 0.497 e. The maximum absolute atomic E-state index is 5.76. The van der Waals surface area contributed by atoms with Crippen molar-refractivity contribution in [3.05, 3.63) is 23.8 Å². The molecule has 0 aromatic heterocycles. The summed E-state index contributed by atoms with van der Waals surface area (Å²) in [5.74, 6) is 3.14. The van der Waals surface area contributed by atoms with E-state index in [2.05, 4.69) is 11.4 Å². The van der Waals surface area contributed by atoms with Gasteiger partial charge in [-0.2, -0.15) is 0 Å². The Labute approximate surface area is 89.4 Å². The van der Waals surface area contributed by atoms with E-state index in [1.807, 2.05) is 12.1 Å². The molecular formula is C12H15NO2. The lowest BCUT2D eigenvalue weighted by molar-refractivity contribution is 0.218. The summed E-state index contributed by atoms with van der Waals surface area (Å²) in [6, 6.07) is 6.14. The summed E-state index contributed by atoms with van der Waals surface area (Å²) in [6.45, 7) is 2.99. The molecule has 3 rings (SSSR count). The minimum absolute atomic E-state index is 0.625. The van der Waals surface area contributed by atoms with E-state index in [1.165, 1.54) is 5.56 Å². The van der Waals surface area contributed by atoms with E-state index < -0.39 is 0 Å². The Morgan fingerprint density at radius 1 is 1.40 bits per heavy atom. The van der Waals surface area contributed by atoms with Gasteiger partial charge in [-0.1, -0.05) is 6.07 Å². The average Bonchev–Trinajstić information content (AvgIpc) is 2.76. The second kappa shape index (κ2) is 3.42. The molecule has 3 nitrogen and oxygen atoms in total. The quantitative estimate of drug-likeness (QED) is 0.751. The van der Waals surface area contributed by atoms with Gasteiger partial charge in [0.25, 0.3) is 0 Å². The molecule has 1 aromatic rings. The summed E-state index contributed by atoms with van der Waals surface area (Å²) < 4.78 is 11.0. The van der Waals surface area contributed by atoms with Crippen LogP contribution in [-0.4, -0.2) is 26.8 Å². The smallest absolute Gasteiger partial charge is 0.126 e. The van der Waals surface area contributed by atoms with Gasteiger partial charge >= 0.3 is 0 Å². The van der Waals surface area contributed by atoms with Crippen LogP contribution in [0.15, 0.2) is 18.2 Å². The fraction of sp³-hybridized carbons (Fsp3) is 0.500. The third-order valence-corrected chi connectivity index (χ3v) is 3.41. The minimum Gasteiger partial charge on any atom is -0.497 e. The molecule has 0 radical (unpaired) electrons. The van der Waals surface area contributed by atoms with Crippen molar-refractivity contribution in [2.45, 2.75) is 5.92 Å². The second-order valence-electron chi connectivity index (χ2n) is 4.24. The summed E-state index contributed by atoms with van der Waals surface area (Å²) in [6.07, 6.45) is 0. The van der Waals surface area contributed by atoms with Crippen LogP contribution in [-0.2, 0) is 0 Å². The van der Waals surface area contributed by atoms with Crippen LogP contribution in [0, 0.1) is 5.92 Å². The van der Waals surface area contributed by atoms with Crippen LogP contribution in [0.3, 0.4) is 0 Å². The molecule has 2 aliphatic rings. The molecule has 3 heteroatoms. The number of hydrogen-bond donors (Lipinski definition) is 1. The van der Waals surface area contributed by atoms with Gasteiger partial charge in [-0.3, -0.25) is 0 Å². The molecule has 2 atom stereocenters. The lowest BCUT2D eigenvalue weighted by atomic mass is 9.87. The van der Waals surface area contributed by atoms with Crippen molar-refractivity contribution in [2.75, 3.05) is 26.8 Å². The van der Waals surface area contributed by atoms with Gasteiger partial charge in [0.2, 0.25) is 0 Å². The molecule has 0 unspecified atom stereocenters. The number of hydrogen-bond acceptors (Lipinski definition) is 3. The van der Waals surface area contributed by atoms with Crippen molar-refractivity contribution in [3.8, 4) is 11.5 Å². The number of methoxy groups -OCH3 is 1. The zero-order valence-corrected chi connectivity index (χ0v) is 8.82. The van der Waals surface area contributed by atoms with Crippen LogP contribution >= 0.6 is 0 Å². The van der Waals surface area contributed by atoms with Gasteiger partial charge in [0.15, 0.2) is 0 Å². The van der Waals surface area contributed by atoms with Gasteiger partial charge in [0.05, 0.1) is 13.7 Å². The molecule has 0 spiro atoms. The van der Waals surface area contributed by atoms with Gasteiger partial charge < -0.3 is 14.8 Å². The molecule has 1 fully saturated rings. The van der Waals surface area contributed by atoms with Gasteiger partial charge in [-0.15, -0.1) is 0 Å². The van der Waals surface area contributed by atoms with Crippen LogP contribution in [0.25, 0.3) is 0 Å². The molecule has 0 aliphatic carbocycles. The number of ether oxygens (including phenoxy) is 2. The van der Waals surface area contributed by atoms with Crippen molar-refractivity contribution in [1.29, 1.82) is 0 Å². The van der Waals surface area contributed by atoms with Crippen molar-refractivity contribution >= 4 is 0 Å². The highest BCUT2D eigenvalue weighted by atomic mass is 16.5. The van der Waals surface area contributed by atoms with E-state index in [4.69, 9.17) is 9.47 Å². The average molecular weight is 205 g/mol. The first kappa shape index (κ1) is 9.04. The number of benzene rings is 1. The molecule has 15 heavy (non-hydrogen) atoms. The number of rotatable bonds is 1. The van der Waals surface area contributed by atoms with E-state index in [0.717, 1.165) is 31.2 Å². The fourth-order valence-corrected chi connectivity index (χ4v) is 2.54. The summed E-state index contributed by atoms with van der Waals surface area (Å²) in [5.41, 5.74) is 1.33. The first-order valence-corrected chi connectivity index (χ1v) is 5.40. The van der Waals surface area contributed by atoms with Crippen LogP contribution in [0.4, 0.5) is 0 Å². The van der Waals surface area contributed by atoms with Crippen LogP contribution in [0.5, 0.6) is 11.5 Å². The summed E-state index contributed by atoms with van der Waals surface area (Å²) in [7, 11) is 1.69. The molecule has 0 saturated carbocycles. The molecule has 0 amide bonds. The van der Waals surface area contributed by atoms with Crippen molar-refractivity contribution in [2.24, 2.45) is 5.92 Å². The minimum atomic E-state index is 0.625. The van der Waals surface area contributed by atoms with E-state index in [9.17, 15) is 0 Å². The third kappa shape index (κ3) is 1.38. The first-order valence-electron chi connectivity index (χ1n) is 5.40. The molecule has 1 saturated heterocycles. The Morgan fingerprint density at radius 2 is 2.33 bits per heavy atom. The van der Waals surface area contributed by atoms with E-state index in [-0.39, 0.29) is 0 Å². The van der Waals surface area contributed by atoms with E-state index in [0.29, 0.717) is 11.8 Å². The summed E-state index contributed by atoms with van der Waals surface area (Å²) in [4.78, 5) is 0. The van der Waals surface area contributed by atoms with Crippen LogP contribution in [0.1, 0.15) is 11.5 Å². The maximum Gasteiger partial charge on any atom is 0.126 e. The van der Waals surface area contributed by atoms with E-state index in [1.54, 1.807) is 7.11 Å². The Kier molecular flexibility index (Phi) is 2.06. The van der Waals surface area contributed by atoms with Gasteiger partial charge in [0.1, 0.15) is 11.5 Å². The SMILES string of the molecule is COc1ccc2c(c1)OC[C@H]1CNC[C@@H]21. The van der Waals surface area contributed by atoms with Gasteiger partial charge in [-0.25, -0.2) is 0 Å². The molecule has 1 aromatic carbocycles. The number of nitrogens with one attached hydrogen (secondary N) is 1. The van der Waals surface area contributed by atoms with Crippen molar-refractivity contribution in [1.82, 2.24) is 5.32 Å². The Morgan fingerprint density at radius 3 is 3.20 bits per heavy atom. The third-order valence-electron chi connectivity index (χ3n) is 3.41. The standard InChI is InChI=1S/C12H15NO2/c1-14-9-2-3-10-11-6-13-5-8(11)7-15-12(10)4-9/h2-4,8,11,13H,5-7H2,1H3/t8-,11-/m1/s1. The summed E-state index contributed by atoms with van der Waals surface area (Å²) in [5, 5.41) is 3.42. The zero-order valence-electron chi connectivity index (χ0n) is 8.82. The Balaban J connectivity index is 2.00. The lowest BCUT2D eigenvalue weighted by Gasteiger charge is -2.28. The molecule has 2 aliphatic heterocycles. The highest BCUT2D eigenvalue weighted by molar-refractivity contribution is 5.45. The fourth-order valence-electron chi connectivity index (χ4n) is 2.54. The topological polar surface area (TPSA) is 30.5 Å². The van der Waals surface area contributed by atoms with E-state index >= 15 is 0 Å². The summed E-state index contributed by atoms with van der Waals surface area (Å²) >= 11 is 0. The van der Waals surface area contributed by atoms with Crippen molar-refractivity contribution < 1.29 is 9.47 Å². The Bertz CT molecular complexity index is 378. The molecular weight excluding hydrogens is 190 g/mol. The Hall–Kier alpha value is -1.22. The highest BCUT2D eigenvalue weighted by Crippen LogP contribution is 2.40. The maximum atomic E-state index is 5.76. The molecule has 80 valence electrons. The van der Waals surface area contributed by atoms with Gasteiger partial charge in [0, 0.05) is 31.0 Å². The highest BCUT2D eigenvalue weighted by Gasteiger charge is 2.34. The van der Waals surface area contributed by atoms with Gasteiger partial charge in [-0.05, 0) is 11.6 Å². The normalized spacial score (nSPS) is 27.8. The lowest BCUT2D eigenvalue weighted by Crippen LogP contribution is -2.24. The predicted molar refractivity (Wildman–Crippen MR) is 57.6 cm³/mol.